The van der Waals surface area contributed by atoms with Crippen LogP contribution in [0.5, 0.6) is 0 Å². The number of nitro groups is 1. The molecular weight excluding hydrogens is 282 g/mol. The van der Waals surface area contributed by atoms with E-state index in [-0.39, 0.29) is 11.3 Å². The predicted molar refractivity (Wildman–Crippen MR) is 83.6 cm³/mol. The Labute approximate surface area is 129 Å². The van der Waals surface area contributed by atoms with Crippen molar-refractivity contribution in [3.05, 3.63) is 62.9 Å². The molecule has 0 radical (unpaired) electrons. The van der Waals surface area contributed by atoms with Crippen LogP contribution in [-0.4, -0.2) is 10.9 Å². The largest absolute Gasteiger partial charge is 0.427 e. The van der Waals surface area contributed by atoms with Gasteiger partial charge in [0.05, 0.1) is 4.92 Å². The Morgan fingerprint density at radius 1 is 1.32 bits per heavy atom. The van der Waals surface area contributed by atoms with Crippen molar-refractivity contribution < 1.29 is 14.5 Å². The Morgan fingerprint density at radius 2 is 2.00 bits per heavy atom. The van der Waals surface area contributed by atoms with E-state index < -0.39 is 10.9 Å². The topological polar surface area (TPSA) is 69.4 Å². The predicted octanol–water partition coefficient (Wildman–Crippen LogP) is 4.46. The van der Waals surface area contributed by atoms with E-state index in [0.717, 1.165) is 30.4 Å². The summed E-state index contributed by atoms with van der Waals surface area (Å²) in [4.78, 5) is 23.0. The number of benzene rings is 1. The zero-order valence-electron chi connectivity index (χ0n) is 12.8. The second kappa shape index (κ2) is 6.56. The third-order valence-electron chi connectivity index (χ3n) is 3.79. The van der Waals surface area contributed by atoms with E-state index in [0.29, 0.717) is 17.7 Å². The number of para-hydroxylation sites is 1. The molecule has 2 rings (SSSR count). The van der Waals surface area contributed by atoms with Gasteiger partial charge in [-0.25, -0.2) is 4.79 Å². The standard InChI is InChI=1S/C17H19NO4/c1-11(2)13-8-4-5-10-15(13)22-17(19)14-9-6-7-12(3)16(14)18(20)21/h6-7,9H,1,4-5,8,10H2,2-3H3. The molecule has 1 aliphatic carbocycles. The van der Waals surface area contributed by atoms with E-state index >= 15 is 0 Å². The first-order valence-electron chi connectivity index (χ1n) is 7.26. The summed E-state index contributed by atoms with van der Waals surface area (Å²) in [6.45, 7) is 7.40. The Hall–Kier alpha value is -2.43. The molecule has 0 spiro atoms. The number of carbonyl (C=O) groups is 1. The van der Waals surface area contributed by atoms with Gasteiger partial charge in [-0.15, -0.1) is 0 Å². The molecule has 1 aromatic rings. The van der Waals surface area contributed by atoms with Gasteiger partial charge in [-0.2, -0.15) is 0 Å². The lowest BCUT2D eigenvalue weighted by atomic mass is 9.93. The second-order valence-electron chi connectivity index (χ2n) is 5.51. The number of carbonyl (C=O) groups excluding carboxylic acids is 1. The number of esters is 1. The van der Waals surface area contributed by atoms with Crippen LogP contribution in [0.1, 0.15) is 48.5 Å². The summed E-state index contributed by atoms with van der Waals surface area (Å²) >= 11 is 0. The average molecular weight is 301 g/mol. The van der Waals surface area contributed by atoms with E-state index in [1.807, 2.05) is 6.92 Å². The summed E-state index contributed by atoms with van der Waals surface area (Å²) < 4.78 is 5.47. The maximum absolute atomic E-state index is 12.4. The van der Waals surface area contributed by atoms with Crippen molar-refractivity contribution in [3.63, 3.8) is 0 Å². The van der Waals surface area contributed by atoms with Crippen LogP contribution in [0.3, 0.4) is 0 Å². The molecule has 0 aromatic heterocycles. The SMILES string of the molecule is C=C(C)C1=C(OC(=O)c2cccc(C)c2[N+](=O)[O-])CCCC1. The number of hydrogen-bond donors (Lipinski definition) is 0. The minimum Gasteiger partial charge on any atom is -0.427 e. The molecule has 22 heavy (non-hydrogen) atoms. The minimum absolute atomic E-state index is 0.0101. The first-order chi connectivity index (χ1) is 10.4. The van der Waals surface area contributed by atoms with E-state index in [1.54, 1.807) is 19.1 Å². The summed E-state index contributed by atoms with van der Waals surface area (Å²) in [5.74, 6) is -0.0781. The number of nitrogens with zero attached hydrogens (tertiary/aromatic N) is 1. The lowest BCUT2D eigenvalue weighted by Crippen LogP contribution is -2.12. The van der Waals surface area contributed by atoms with Crippen molar-refractivity contribution in [3.8, 4) is 0 Å². The lowest BCUT2D eigenvalue weighted by Gasteiger charge is -2.20. The molecular formula is C17H19NO4. The zero-order valence-corrected chi connectivity index (χ0v) is 12.8. The van der Waals surface area contributed by atoms with Crippen LogP contribution >= 0.6 is 0 Å². The van der Waals surface area contributed by atoms with Gasteiger partial charge in [0, 0.05) is 12.0 Å². The van der Waals surface area contributed by atoms with Crippen molar-refractivity contribution in [2.75, 3.05) is 0 Å². The highest BCUT2D eigenvalue weighted by atomic mass is 16.6. The van der Waals surface area contributed by atoms with Crippen LogP contribution < -0.4 is 0 Å². The van der Waals surface area contributed by atoms with Crippen LogP contribution in [0.25, 0.3) is 0 Å². The maximum Gasteiger partial charge on any atom is 0.350 e. The summed E-state index contributed by atoms with van der Waals surface area (Å²) in [5, 5.41) is 11.2. The van der Waals surface area contributed by atoms with Crippen LogP contribution in [-0.2, 0) is 4.74 Å². The fourth-order valence-electron chi connectivity index (χ4n) is 2.67. The van der Waals surface area contributed by atoms with Crippen molar-refractivity contribution >= 4 is 11.7 Å². The van der Waals surface area contributed by atoms with Gasteiger partial charge in [0.15, 0.2) is 0 Å². The second-order valence-corrected chi connectivity index (χ2v) is 5.51. The average Bonchev–Trinajstić information content (AvgIpc) is 2.46. The van der Waals surface area contributed by atoms with Crippen LogP contribution in [0, 0.1) is 17.0 Å². The van der Waals surface area contributed by atoms with E-state index in [2.05, 4.69) is 6.58 Å². The highest BCUT2D eigenvalue weighted by Crippen LogP contribution is 2.31. The quantitative estimate of drug-likeness (QED) is 0.467. The van der Waals surface area contributed by atoms with Gasteiger partial charge in [0.1, 0.15) is 11.3 Å². The Kier molecular flexibility index (Phi) is 4.75. The zero-order chi connectivity index (χ0) is 16.3. The highest BCUT2D eigenvalue weighted by molar-refractivity contribution is 5.95. The number of hydrogen-bond acceptors (Lipinski definition) is 4. The third kappa shape index (κ3) is 3.24. The monoisotopic (exact) mass is 301 g/mol. The molecule has 0 saturated carbocycles. The maximum atomic E-state index is 12.4. The molecule has 0 atom stereocenters. The Morgan fingerprint density at radius 3 is 2.64 bits per heavy atom. The normalized spacial score (nSPS) is 14.6. The fraction of sp³-hybridized carbons (Fsp3) is 0.353. The van der Waals surface area contributed by atoms with E-state index in [1.165, 1.54) is 6.07 Å². The molecule has 1 aromatic carbocycles. The van der Waals surface area contributed by atoms with Crippen LogP contribution in [0.4, 0.5) is 5.69 Å². The molecule has 0 heterocycles. The number of nitro benzene ring substituents is 1. The summed E-state index contributed by atoms with van der Waals surface area (Å²) in [7, 11) is 0. The molecule has 0 unspecified atom stereocenters. The minimum atomic E-state index is -0.675. The molecule has 0 N–H and O–H groups in total. The number of aryl methyl sites for hydroxylation is 1. The molecule has 0 saturated heterocycles. The Bertz CT molecular complexity index is 673. The molecule has 0 amide bonds. The summed E-state index contributed by atoms with van der Waals surface area (Å²) in [6.07, 6.45) is 3.46. The van der Waals surface area contributed by atoms with Gasteiger partial charge < -0.3 is 4.74 Å². The van der Waals surface area contributed by atoms with Gasteiger partial charge in [-0.05, 0) is 44.7 Å². The lowest BCUT2D eigenvalue weighted by molar-refractivity contribution is -0.385. The van der Waals surface area contributed by atoms with E-state index in [9.17, 15) is 14.9 Å². The van der Waals surface area contributed by atoms with Gasteiger partial charge >= 0.3 is 5.97 Å². The molecule has 1 aliphatic rings. The summed E-state index contributed by atoms with van der Waals surface area (Å²) in [5.41, 5.74) is 2.07. The number of allylic oxidation sites excluding steroid dienone is 3. The van der Waals surface area contributed by atoms with Crippen molar-refractivity contribution in [2.45, 2.75) is 39.5 Å². The molecule has 0 bridgehead atoms. The van der Waals surface area contributed by atoms with Crippen LogP contribution in [0.15, 0.2) is 41.7 Å². The fourth-order valence-corrected chi connectivity index (χ4v) is 2.67. The summed E-state index contributed by atoms with van der Waals surface area (Å²) in [6, 6.07) is 4.65. The first-order valence-corrected chi connectivity index (χ1v) is 7.26. The molecule has 5 heteroatoms. The van der Waals surface area contributed by atoms with Gasteiger partial charge in [0.25, 0.3) is 5.69 Å². The van der Waals surface area contributed by atoms with Gasteiger partial charge in [-0.3, -0.25) is 10.1 Å². The van der Waals surface area contributed by atoms with Gasteiger partial charge in [0.2, 0.25) is 0 Å². The van der Waals surface area contributed by atoms with Crippen LogP contribution in [0.2, 0.25) is 0 Å². The van der Waals surface area contributed by atoms with Crippen molar-refractivity contribution in [1.82, 2.24) is 0 Å². The molecule has 5 nitrogen and oxygen atoms in total. The highest BCUT2D eigenvalue weighted by Gasteiger charge is 2.26. The number of rotatable bonds is 4. The van der Waals surface area contributed by atoms with Gasteiger partial charge in [-0.1, -0.05) is 24.3 Å². The first kappa shape index (κ1) is 15.9. The number of ether oxygens (including phenoxy) is 1. The Balaban J connectivity index is 2.36. The molecule has 0 aliphatic heterocycles. The molecule has 0 fully saturated rings. The van der Waals surface area contributed by atoms with Crippen molar-refractivity contribution in [1.29, 1.82) is 0 Å². The van der Waals surface area contributed by atoms with E-state index in [4.69, 9.17) is 4.74 Å². The molecule has 116 valence electrons. The third-order valence-corrected chi connectivity index (χ3v) is 3.79. The van der Waals surface area contributed by atoms with Crippen molar-refractivity contribution in [2.24, 2.45) is 0 Å². The smallest absolute Gasteiger partial charge is 0.350 e.